The van der Waals surface area contributed by atoms with Crippen LogP contribution in [0.15, 0.2) is 29.4 Å². The molecule has 3 rings (SSSR count). The summed E-state index contributed by atoms with van der Waals surface area (Å²) in [6.45, 7) is 12.0. The maximum absolute atomic E-state index is 4.52. The van der Waals surface area contributed by atoms with Crippen molar-refractivity contribution in [3.05, 3.63) is 35.5 Å². The van der Waals surface area contributed by atoms with E-state index in [4.69, 9.17) is 0 Å². The summed E-state index contributed by atoms with van der Waals surface area (Å²) in [6.07, 6.45) is 4.37. The molecule has 1 fully saturated rings. The molecule has 0 bridgehead atoms. The predicted molar refractivity (Wildman–Crippen MR) is 126 cm³/mol. The zero-order valence-corrected chi connectivity index (χ0v) is 19.4. The fraction of sp³-hybridized carbons (Fsp3) is 0.571. The third-order valence-corrected chi connectivity index (χ3v) is 5.69. The summed E-state index contributed by atoms with van der Waals surface area (Å²) < 4.78 is 0. The van der Waals surface area contributed by atoms with Gasteiger partial charge in [-0.1, -0.05) is 32.0 Å². The van der Waals surface area contributed by atoms with Crippen molar-refractivity contribution in [1.29, 1.82) is 0 Å². The Hall–Kier alpha value is -1.28. The van der Waals surface area contributed by atoms with Gasteiger partial charge in [0.1, 0.15) is 0 Å². The SMILES string of the molecule is CCN(CC)C1CCN(C(=NC)NCCc2c[nH]c3c(C)cccc23)C1.I. The smallest absolute Gasteiger partial charge is 0.193 e. The minimum atomic E-state index is 0. The summed E-state index contributed by atoms with van der Waals surface area (Å²) in [5, 5.41) is 4.91. The molecule has 0 spiro atoms. The Morgan fingerprint density at radius 2 is 2.11 bits per heavy atom. The van der Waals surface area contributed by atoms with Crippen LogP contribution in [0.4, 0.5) is 0 Å². The van der Waals surface area contributed by atoms with E-state index < -0.39 is 0 Å². The number of guanidine groups is 1. The molecule has 2 aromatic rings. The number of H-pyrrole nitrogens is 1. The van der Waals surface area contributed by atoms with Crippen molar-refractivity contribution in [2.75, 3.05) is 39.8 Å². The van der Waals surface area contributed by atoms with E-state index in [2.05, 4.69) is 70.3 Å². The van der Waals surface area contributed by atoms with E-state index in [9.17, 15) is 0 Å². The minimum absolute atomic E-state index is 0. The van der Waals surface area contributed by atoms with E-state index in [1.807, 2.05) is 7.05 Å². The number of aromatic amines is 1. The van der Waals surface area contributed by atoms with E-state index in [0.29, 0.717) is 6.04 Å². The van der Waals surface area contributed by atoms with E-state index >= 15 is 0 Å². The third-order valence-electron chi connectivity index (χ3n) is 5.69. The lowest BCUT2D eigenvalue weighted by molar-refractivity contribution is 0.223. The second kappa shape index (κ2) is 10.3. The third kappa shape index (κ3) is 4.96. The molecule has 1 aliphatic rings. The van der Waals surface area contributed by atoms with Crippen LogP contribution in [0.2, 0.25) is 0 Å². The Bertz CT molecular complexity index is 750. The minimum Gasteiger partial charge on any atom is -0.361 e. The van der Waals surface area contributed by atoms with Crippen LogP contribution in [0.25, 0.3) is 10.9 Å². The number of aryl methyl sites for hydroxylation is 1. The molecule has 2 heterocycles. The highest BCUT2D eigenvalue weighted by atomic mass is 127. The van der Waals surface area contributed by atoms with Gasteiger partial charge in [-0.15, -0.1) is 24.0 Å². The molecule has 1 unspecified atom stereocenters. The van der Waals surface area contributed by atoms with E-state index in [-0.39, 0.29) is 24.0 Å². The quantitative estimate of drug-likeness (QED) is 0.375. The first-order valence-electron chi connectivity index (χ1n) is 9.93. The molecule has 6 heteroatoms. The highest BCUT2D eigenvalue weighted by Gasteiger charge is 2.27. The molecule has 1 atom stereocenters. The lowest BCUT2D eigenvalue weighted by Gasteiger charge is -2.27. The number of nitrogens with zero attached hydrogens (tertiary/aromatic N) is 3. The Morgan fingerprint density at radius 3 is 2.81 bits per heavy atom. The lowest BCUT2D eigenvalue weighted by atomic mass is 10.1. The summed E-state index contributed by atoms with van der Waals surface area (Å²) in [4.78, 5) is 12.9. The number of likely N-dealkylation sites (N-methyl/N-ethyl adjacent to an activating group) is 1. The second-order valence-electron chi connectivity index (χ2n) is 7.15. The zero-order chi connectivity index (χ0) is 18.5. The highest BCUT2D eigenvalue weighted by Crippen LogP contribution is 2.21. The Morgan fingerprint density at radius 1 is 1.33 bits per heavy atom. The monoisotopic (exact) mass is 483 g/mol. The maximum atomic E-state index is 4.52. The van der Waals surface area contributed by atoms with Gasteiger partial charge in [-0.25, -0.2) is 0 Å². The van der Waals surface area contributed by atoms with Gasteiger partial charge >= 0.3 is 0 Å². The number of para-hydroxylation sites is 1. The molecule has 1 saturated heterocycles. The van der Waals surface area contributed by atoms with Gasteiger partial charge < -0.3 is 15.2 Å². The molecule has 150 valence electrons. The first-order chi connectivity index (χ1) is 12.7. The van der Waals surface area contributed by atoms with Crippen LogP contribution in [0.3, 0.4) is 0 Å². The maximum Gasteiger partial charge on any atom is 0.193 e. The molecule has 27 heavy (non-hydrogen) atoms. The predicted octanol–water partition coefficient (Wildman–Crippen LogP) is 3.63. The van der Waals surface area contributed by atoms with Crippen LogP contribution in [-0.4, -0.2) is 66.6 Å². The van der Waals surface area contributed by atoms with Crippen molar-refractivity contribution in [2.45, 2.75) is 39.7 Å². The lowest BCUT2D eigenvalue weighted by Crippen LogP contribution is -2.43. The van der Waals surface area contributed by atoms with Crippen molar-refractivity contribution in [3.8, 4) is 0 Å². The molecule has 0 aliphatic carbocycles. The summed E-state index contributed by atoms with van der Waals surface area (Å²) in [6, 6.07) is 7.15. The van der Waals surface area contributed by atoms with E-state index in [1.165, 1.54) is 28.5 Å². The highest BCUT2D eigenvalue weighted by molar-refractivity contribution is 14.0. The summed E-state index contributed by atoms with van der Waals surface area (Å²) in [5.41, 5.74) is 3.93. The van der Waals surface area contributed by atoms with Gasteiger partial charge in [-0.2, -0.15) is 0 Å². The van der Waals surface area contributed by atoms with Crippen molar-refractivity contribution in [2.24, 2.45) is 4.99 Å². The fourth-order valence-electron chi connectivity index (χ4n) is 4.18. The Labute approximate surface area is 180 Å². The van der Waals surface area contributed by atoms with Crippen molar-refractivity contribution < 1.29 is 0 Å². The second-order valence-corrected chi connectivity index (χ2v) is 7.15. The number of fused-ring (bicyclic) bond motifs is 1. The molecule has 0 saturated carbocycles. The van der Waals surface area contributed by atoms with Gasteiger partial charge in [0.15, 0.2) is 5.96 Å². The number of benzene rings is 1. The molecular weight excluding hydrogens is 449 g/mol. The number of hydrogen-bond acceptors (Lipinski definition) is 2. The van der Waals surface area contributed by atoms with Crippen LogP contribution in [0, 0.1) is 6.92 Å². The van der Waals surface area contributed by atoms with Crippen molar-refractivity contribution in [1.82, 2.24) is 20.1 Å². The van der Waals surface area contributed by atoms with Gasteiger partial charge in [0.05, 0.1) is 0 Å². The van der Waals surface area contributed by atoms with Gasteiger partial charge in [0.25, 0.3) is 0 Å². The summed E-state index contributed by atoms with van der Waals surface area (Å²) >= 11 is 0. The van der Waals surface area contributed by atoms with Gasteiger partial charge in [0.2, 0.25) is 0 Å². The van der Waals surface area contributed by atoms with Crippen molar-refractivity contribution in [3.63, 3.8) is 0 Å². The number of aromatic nitrogens is 1. The average molecular weight is 483 g/mol. The number of hydrogen-bond donors (Lipinski definition) is 2. The summed E-state index contributed by atoms with van der Waals surface area (Å²) in [7, 11) is 1.89. The topological polar surface area (TPSA) is 46.7 Å². The first-order valence-corrected chi connectivity index (χ1v) is 9.93. The van der Waals surface area contributed by atoms with Gasteiger partial charge in [-0.3, -0.25) is 9.89 Å². The molecule has 5 nitrogen and oxygen atoms in total. The van der Waals surface area contributed by atoms with Crippen LogP contribution in [0.5, 0.6) is 0 Å². The summed E-state index contributed by atoms with van der Waals surface area (Å²) in [5.74, 6) is 1.04. The standard InChI is InChI=1S/C21H33N5.HI/c1-5-25(6-2)18-11-13-26(15-18)21(22-4)23-12-10-17-14-24-20-16(3)8-7-9-19(17)20;/h7-9,14,18,24H,5-6,10-13,15H2,1-4H3,(H,22,23);1H. The number of aliphatic imine (C=N–C) groups is 1. The molecule has 2 N–H and O–H groups in total. The number of rotatable bonds is 6. The van der Waals surface area contributed by atoms with Gasteiger partial charge in [0, 0.05) is 49.8 Å². The van der Waals surface area contributed by atoms with Gasteiger partial charge in [-0.05, 0) is 44.0 Å². The Kier molecular flexibility index (Phi) is 8.41. The van der Waals surface area contributed by atoms with Crippen LogP contribution in [0.1, 0.15) is 31.4 Å². The molecule has 0 amide bonds. The fourth-order valence-corrected chi connectivity index (χ4v) is 4.18. The average Bonchev–Trinajstić information content (AvgIpc) is 3.28. The molecular formula is C21H34IN5. The first kappa shape index (κ1) is 22.0. The molecule has 0 radical (unpaired) electrons. The Balaban J connectivity index is 0.00000261. The molecule has 1 aromatic carbocycles. The van der Waals surface area contributed by atoms with Crippen LogP contribution >= 0.6 is 24.0 Å². The zero-order valence-electron chi connectivity index (χ0n) is 17.1. The van der Waals surface area contributed by atoms with Crippen LogP contribution < -0.4 is 5.32 Å². The normalized spacial score (nSPS) is 17.6. The number of halogens is 1. The molecule has 1 aliphatic heterocycles. The number of likely N-dealkylation sites (tertiary alicyclic amines) is 1. The van der Waals surface area contributed by atoms with Crippen molar-refractivity contribution >= 4 is 40.8 Å². The van der Waals surface area contributed by atoms with Crippen LogP contribution in [-0.2, 0) is 6.42 Å². The largest absolute Gasteiger partial charge is 0.361 e. The van der Waals surface area contributed by atoms with E-state index in [1.54, 1.807) is 0 Å². The molecule has 1 aromatic heterocycles. The van der Waals surface area contributed by atoms with E-state index in [0.717, 1.165) is 45.1 Å². The number of nitrogens with one attached hydrogen (secondary N) is 2.